The van der Waals surface area contributed by atoms with Gasteiger partial charge >= 0.3 is 5.97 Å². The summed E-state index contributed by atoms with van der Waals surface area (Å²) in [7, 11) is -0.788. The Kier molecular flexibility index (Phi) is 5.41. The van der Waals surface area contributed by atoms with Crippen LogP contribution in [0.1, 0.15) is 10.4 Å². The van der Waals surface area contributed by atoms with Crippen molar-refractivity contribution in [2.45, 2.75) is 11.0 Å². The number of hydrogen-bond acceptors (Lipinski definition) is 5. The van der Waals surface area contributed by atoms with Crippen LogP contribution in [-0.2, 0) is 14.8 Å². The molecule has 116 valence electrons. The van der Waals surface area contributed by atoms with E-state index < -0.39 is 34.5 Å². The van der Waals surface area contributed by atoms with Crippen molar-refractivity contribution < 1.29 is 28.2 Å². The molecule has 0 aliphatic carbocycles. The third-order valence-corrected chi connectivity index (χ3v) is 4.47. The predicted molar refractivity (Wildman–Crippen MR) is 73.3 cm³/mol. The summed E-state index contributed by atoms with van der Waals surface area (Å²) in [6.45, 7) is -0.439. The molecule has 8 nitrogen and oxygen atoms in total. The molecule has 0 heterocycles. The summed E-state index contributed by atoms with van der Waals surface area (Å²) in [5, 5.41) is 19.7. The summed E-state index contributed by atoms with van der Waals surface area (Å²) in [4.78, 5) is 22.1. The fourth-order valence-electron chi connectivity index (χ4n) is 1.37. The molecule has 0 aliphatic rings. The lowest BCUT2D eigenvalue weighted by atomic mass is 10.2. The first-order valence-electron chi connectivity index (χ1n) is 5.88. The predicted octanol–water partition coefficient (Wildman–Crippen LogP) is -0.888. The van der Waals surface area contributed by atoms with Crippen LogP contribution in [0.15, 0.2) is 29.2 Å². The molecular weight excluding hydrogens is 300 g/mol. The van der Waals surface area contributed by atoms with Crippen molar-refractivity contribution in [1.82, 2.24) is 9.62 Å². The summed E-state index contributed by atoms with van der Waals surface area (Å²) < 4.78 is 24.7. The van der Waals surface area contributed by atoms with Crippen LogP contribution in [0.2, 0.25) is 0 Å². The summed E-state index contributed by atoms with van der Waals surface area (Å²) in [6, 6.07) is 5.16. The lowest BCUT2D eigenvalue weighted by molar-refractivity contribution is -0.146. The van der Waals surface area contributed by atoms with Gasteiger partial charge in [0.1, 0.15) is 0 Å². The van der Waals surface area contributed by atoms with Gasteiger partial charge in [0.15, 0.2) is 6.10 Å². The number of benzene rings is 1. The molecule has 21 heavy (non-hydrogen) atoms. The van der Waals surface area contributed by atoms with Gasteiger partial charge in [-0.1, -0.05) is 0 Å². The van der Waals surface area contributed by atoms with Gasteiger partial charge in [0.2, 0.25) is 10.0 Å². The fraction of sp³-hybridized carbons (Fsp3) is 0.333. The van der Waals surface area contributed by atoms with E-state index in [0.717, 1.165) is 4.31 Å². The number of carbonyl (C=O) groups is 2. The molecule has 0 spiro atoms. The standard InChI is InChI=1S/C12H16N2O6S/c1-14(2)21(19,20)9-5-3-8(4-6-9)11(16)13-7-10(15)12(17)18/h3-6,10,15H,7H2,1-2H3,(H,13,16)(H,17,18). The molecule has 1 unspecified atom stereocenters. The normalized spacial score (nSPS) is 13.0. The summed E-state index contributed by atoms with van der Waals surface area (Å²) in [5.74, 6) is -2.05. The monoisotopic (exact) mass is 316 g/mol. The number of amides is 1. The van der Waals surface area contributed by atoms with E-state index in [2.05, 4.69) is 5.32 Å². The number of aliphatic hydroxyl groups excluding tert-OH is 1. The topological polar surface area (TPSA) is 124 Å². The van der Waals surface area contributed by atoms with Gasteiger partial charge in [-0.3, -0.25) is 4.79 Å². The van der Waals surface area contributed by atoms with Crippen LogP contribution >= 0.6 is 0 Å². The van der Waals surface area contributed by atoms with E-state index in [-0.39, 0.29) is 10.5 Å². The highest BCUT2D eigenvalue weighted by molar-refractivity contribution is 7.89. The number of aliphatic carboxylic acids is 1. The second-order valence-corrected chi connectivity index (χ2v) is 6.53. The summed E-state index contributed by atoms with van der Waals surface area (Å²) in [6.07, 6.45) is -1.69. The van der Waals surface area contributed by atoms with Crippen molar-refractivity contribution in [1.29, 1.82) is 0 Å². The molecule has 0 saturated carbocycles. The average Bonchev–Trinajstić information content (AvgIpc) is 2.44. The van der Waals surface area contributed by atoms with E-state index in [1.165, 1.54) is 38.4 Å². The highest BCUT2D eigenvalue weighted by atomic mass is 32.2. The number of hydrogen-bond donors (Lipinski definition) is 3. The average molecular weight is 316 g/mol. The Balaban J connectivity index is 2.79. The zero-order chi connectivity index (χ0) is 16.2. The molecule has 1 aromatic carbocycles. The lowest BCUT2D eigenvalue weighted by Gasteiger charge is -2.12. The minimum Gasteiger partial charge on any atom is -0.479 e. The second kappa shape index (κ2) is 6.66. The maximum Gasteiger partial charge on any atom is 0.334 e. The van der Waals surface area contributed by atoms with E-state index >= 15 is 0 Å². The molecule has 1 aromatic rings. The van der Waals surface area contributed by atoms with Crippen LogP contribution in [-0.4, -0.2) is 61.6 Å². The molecule has 0 saturated heterocycles. The van der Waals surface area contributed by atoms with Crippen molar-refractivity contribution in [2.24, 2.45) is 0 Å². The quantitative estimate of drug-likeness (QED) is 0.625. The number of aliphatic hydroxyl groups is 1. The SMILES string of the molecule is CN(C)S(=O)(=O)c1ccc(C(=O)NCC(O)C(=O)O)cc1. The Bertz CT molecular complexity index is 624. The zero-order valence-corrected chi connectivity index (χ0v) is 12.3. The van der Waals surface area contributed by atoms with E-state index in [1.54, 1.807) is 0 Å². The number of carboxylic acid groups (broad SMARTS) is 1. The first-order chi connectivity index (χ1) is 9.66. The lowest BCUT2D eigenvalue weighted by Crippen LogP contribution is -2.36. The third-order valence-electron chi connectivity index (χ3n) is 2.64. The van der Waals surface area contributed by atoms with Crippen molar-refractivity contribution in [2.75, 3.05) is 20.6 Å². The van der Waals surface area contributed by atoms with Crippen molar-refractivity contribution in [3.63, 3.8) is 0 Å². The Labute approximate surface area is 122 Å². The maximum atomic E-state index is 11.8. The number of nitrogens with one attached hydrogen (secondary N) is 1. The highest BCUT2D eigenvalue weighted by Gasteiger charge is 2.18. The number of nitrogens with zero attached hydrogens (tertiary/aromatic N) is 1. The van der Waals surface area contributed by atoms with E-state index in [9.17, 15) is 18.0 Å². The zero-order valence-electron chi connectivity index (χ0n) is 11.5. The van der Waals surface area contributed by atoms with Crippen LogP contribution in [0, 0.1) is 0 Å². The molecule has 3 N–H and O–H groups in total. The van der Waals surface area contributed by atoms with Gasteiger partial charge in [0, 0.05) is 19.7 Å². The fourth-order valence-corrected chi connectivity index (χ4v) is 2.27. The first-order valence-corrected chi connectivity index (χ1v) is 7.32. The molecule has 0 aliphatic heterocycles. The molecule has 1 atom stereocenters. The molecular formula is C12H16N2O6S. The summed E-state index contributed by atoms with van der Waals surface area (Å²) in [5.41, 5.74) is 0.158. The number of carbonyl (C=O) groups excluding carboxylic acids is 1. The van der Waals surface area contributed by atoms with Crippen LogP contribution in [0.5, 0.6) is 0 Å². The van der Waals surface area contributed by atoms with Gasteiger partial charge < -0.3 is 15.5 Å². The number of rotatable bonds is 6. The van der Waals surface area contributed by atoms with Crippen LogP contribution in [0.4, 0.5) is 0 Å². The van der Waals surface area contributed by atoms with E-state index in [4.69, 9.17) is 10.2 Å². The smallest absolute Gasteiger partial charge is 0.334 e. The van der Waals surface area contributed by atoms with Crippen molar-refractivity contribution in [3.05, 3.63) is 29.8 Å². The van der Waals surface area contributed by atoms with Gasteiger partial charge in [0.25, 0.3) is 5.91 Å². The van der Waals surface area contributed by atoms with Crippen molar-refractivity contribution >= 4 is 21.9 Å². The van der Waals surface area contributed by atoms with Gasteiger partial charge in [-0.15, -0.1) is 0 Å². The molecule has 1 amide bonds. The van der Waals surface area contributed by atoms with Crippen LogP contribution in [0.3, 0.4) is 0 Å². The van der Waals surface area contributed by atoms with Crippen LogP contribution < -0.4 is 5.32 Å². The third kappa shape index (κ3) is 4.25. The maximum absolute atomic E-state index is 11.8. The second-order valence-electron chi connectivity index (χ2n) is 4.38. The minimum absolute atomic E-state index is 0.0367. The van der Waals surface area contributed by atoms with E-state index in [1.807, 2.05) is 0 Å². The largest absolute Gasteiger partial charge is 0.479 e. The summed E-state index contributed by atoms with van der Waals surface area (Å²) >= 11 is 0. The molecule has 0 radical (unpaired) electrons. The Morgan fingerprint density at radius 3 is 2.19 bits per heavy atom. The van der Waals surface area contributed by atoms with Gasteiger partial charge in [-0.05, 0) is 24.3 Å². The van der Waals surface area contributed by atoms with Crippen molar-refractivity contribution in [3.8, 4) is 0 Å². The molecule has 0 fully saturated rings. The molecule has 9 heteroatoms. The Morgan fingerprint density at radius 2 is 1.76 bits per heavy atom. The first kappa shape index (κ1) is 17.1. The van der Waals surface area contributed by atoms with Gasteiger partial charge in [0.05, 0.1) is 11.4 Å². The Hall–Kier alpha value is -1.97. The van der Waals surface area contributed by atoms with E-state index in [0.29, 0.717) is 0 Å². The number of carboxylic acids is 1. The number of sulfonamides is 1. The molecule has 0 aromatic heterocycles. The molecule has 1 rings (SSSR count). The van der Waals surface area contributed by atoms with Gasteiger partial charge in [-0.25, -0.2) is 17.5 Å². The highest BCUT2D eigenvalue weighted by Crippen LogP contribution is 2.13. The minimum atomic E-state index is -3.57. The van der Waals surface area contributed by atoms with Crippen LogP contribution in [0.25, 0.3) is 0 Å². The van der Waals surface area contributed by atoms with Gasteiger partial charge in [-0.2, -0.15) is 0 Å². The molecule has 0 bridgehead atoms. The Morgan fingerprint density at radius 1 is 1.24 bits per heavy atom.